The minimum Gasteiger partial charge on any atom is -0.481 e. The Morgan fingerprint density at radius 3 is 1.10 bits per heavy atom. The van der Waals surface area contributed by atoms with Crippen molar-refractivity contribution in [3.63, 3.8) is 0 Å². The van der Waals surface area contributed by atoms with Gasteiger partial charge in [0.15, 0.2) is 0 Å². The van der Waals surface area contributed by atoms with Gasteiger partial charge in [-0.05, 0) is 74.1 Å². The van der Waals surface area contributed by atoms with Crippen LogP contribution in [0.25, 0.3) is 0 Å². The summed E-state index contributed by atoms with van der Waals surface area (Å²) in [6.07, 6.45) is 23.9. The molecule has 4 atom stereocenters. The number of aliphatic carboxylic acids is 2. The summed E-state index contributed by atoms with van der Waals surface area (Å²) in [7, 11) is 0. The smallest absolute Gasteiger partial charge is 0.336 e. The molecule has 4 unspecified atom stereocenters. The Kier molecular flexibility index (Phi) is 23.5. The van der Waals surface area contributed by atoms with Gasteiger partial charge in [0.1, 0.15) is 17.6 Å². The first-order valence-electron chi connectivity index (χ1n) is 28.7. The Bertz CT molecular complexity index is 1520. The third kappa shape index (κ3) is 16.4. The first-order valence-corrected chi connectivity index (χ1v) is 28.7. The van der Waals surface area contributed by atoms with Crippen LogP contribution in [0.3, 0.4) is 0 Å². The number of unbranched alkanes of at least 4 members (excludes halogenated alkanes) is 20. The lowest BCUT2D eigenvalue weighted by molar-refractivity contribution is -0.215. The predicted octanol–water partition coefficient (Wildman–Crippen LogP) is 13.1. The quantitative estimate of drug-likeness (QED) is 0.0265. The van der Waals surface area contributed by atoms with Crippen molar-refractivity contribution in [2.75, 3.05) is 26.3 Å². The van der Waals surface area contributed by atoms with E-state index >= 15 is 9.59 Å². The number of carbonyl (C=O) groups excluding carboxylic acids is 2. The van der Waals surface area contributed by atoms with Crippen LogP contribution in [0.4, 0.5) is 0 Å². The average molecular weight is 989 g/mol. The van der Waals surface area contributed by atoms with E-state index in [0.29, 0.717) is 77.7 Å². The molecule has 4 saturated heterocycles. The van der Waals surface area contributed by atoms with E-state index in [9.17, 15) is 19.8 Å². The van der Waals surface area contributed by atoms with Crippen LogP contribution in [-0.4, -0.2) is 117 Å². The van der Waals surface area contributed by atoms with Crippen molar-refractivity contribution in [2.45, 2.75) is 303 Å². The van der Waals surface area contributed by atoms with Gasteiger partial charge in [0.2, 0.25) is 0 Å². The molecular formula is C58H104N2O10. The fraction of sp³-hybridized carbons (Fsp3) is 0.931. The second-order valence-electron chi connectivity index (χ2n) is 25.1. The molecule has 0 aliphatic carbocycles. The lowest BCUT2D eigenvalue weighted by Crippen LogP contribution is -2.68. The molecule has 0 radical (unpaired) electrons. The number of hydrogen-bond donors (Lipinski definition) is 2. The third-order valence-electron chi connectivity index (χ3n) is 17.2. The molecule has 0 amide bonds. The van der Waals surface area contributed by atoms with Gasteiger partial charge in [-0.2, -0.15) is 0 Å². The summed E-state index contributed by atoms with van der Waals surface area (Å²) in [6.45, 7) is 25.7. The summed E-state index contributed by atoms with van der Waals surface area (Å²) in [5, 5.41) is 23.8. The van der Waals surface area contributed by atoms with E-state index in [-0.39, 0.29) is 18.6 Å². The van der Waals surface area contributed by atoms with Crippen molar-refractivity contribution >= 4 is 23.9 Å². The van der Waals surface area contributed by atoms with E-state index in [2.05, 4.69) is 79.0 Å². The summed E-state index contributed by atoms with van der Waals surface area (Å²) in [5.41, 5.74) is -7.45. The van der Waals surface area contributed by atoms with E-state index in [4.69, 9.17) is 18.9 Å². The molecule has 12 nitrogen and oxygen atoms in total. The number of esters is 2. The van der Waals surface area contributed by atoms with Crippen LogP contribution >= 0.6 is 0 Å². The van der Waals surface area contributed by atoms with Gasteiger partial charge in [-0.1, -0.05) is 162 Å². The zero-order chi connectivity index (χ0) is 51.8. The molecule has 0 aromatic rings. The highest BCUT2D eigenvalue weighted by atomic mass is 16.6. The largest absolute Gasteiger partial charge is 0.481 e. The minimum atomic E-state index is -3.17. The number of carbonyl (C=O) groups is 4. The molecule has 70 heavy (non-hydrogen) atoms. The molecule has 0 bridgehead atoms. The fourth-order valence-electron chi connectivity index (χ4n) is 13.4. The molecule has 2 N–H and O–H groups in total. The number of carboxylic acid groups (broad SMARTS) is 2. The van der Waals surface area contributed by atoms with Crippen LogP contribution in [0.2, 0.25) is 0 Å². The van der Waals surface area contributed by atoms with E-state index in [1.165, 1.54) is 70.6 Å². The fourth-order valence-corrected chi connectivity index (χ4v) is 13.4. The number of rotatable bonds is 36. The van der Waals surface area contributed by atoms with Crippen molar-refractivity contribution in [1.82, 2.24) is 9.80 Å². The Morgan fingerprint density at radius 2 is 0.814 bits per heavy atom. The maximum atomic E-state index is 15.7. The van der Waals surface area contributed by atoms with E-state index in [1.54, 1.807) is 6.92 Å². The van der Waals surface area contributed by atoms with Gasteiger partial charge < -0.3 is 29.2 Å². The number of likely N-dealkylation sites (tertiary alicyclic amines) is 2. The number of piperidine rings is 2. The zero-order valence-electron chi connectivity index (χ0n) is 46.6. The molecular weight excluding hydrogens is 885 g/mol. The summed E-state index contributed by atoms with van der Waals surface area (Å²) in [5.74, 6) is -6.74. The van der Waals surface area contributed by atoms with Crippen molar-refractivity contribution in [3.05, 3.63) is 0 Å². The van der Waals surface area contributed by atoms with Gasteiger partial charge in [-0.3, -0.25) is 29.0 Å². The summed E-state index contributed by atoms with van der Waals surface area (Å²) >= 11 is 0. The molecule has 0 saturated carbocycles. The highest BCUT2D eigenvalue weighted by molar-refractivity contribution is 6.21. The number of hydrogen-bond acceptors (Lipinski definition) is 10. The molecule has 12 heteroatoms. The van der Waals surface area contributed by atoms with Gasteiger partial charge in [0.25, 0.3) is 5.41 Å². The Hall–Kier alpha value is -2.28. The van der Waals surface area contributed by atoms with E-state index < -0.39 is 75.0 Å². The van der Waals surface area contributed by atoms with Crippen LogP contribution in [-0.2, 0) is 38.1 Å². The van der Waals surface area contributed by atoms with Gasteiger partial charge in [0.05, 0.1) is 25.4 Å². The molecule has 4 fully saturated rings. The molecule has 4 rings (SSSR count). The van der Waals surface area contributed by atoms with Crippen molar-refractivity contribution in [3.8, 4) is 0 Å². The van der Waals surface area contributed by atoms with Crippen LogP contribution < -0.4 is 0 Å². The Labute approximate surface area is 426 Å². The topological polar surface area (TPSA) is 159 Å². The number of nitrogens with zero attached hydrogens (tertiary/aromatic N) is 2. The lowest BCUT2D eigenvalue weighted by atomic mass is 9.54. The number of epoxide rings is 2. The van der Waals surface area contributed by atoms with Crippen LogP contribution in [0.5, 0.6) is 0 Å². The molecule has 0 aromatic carbocycles. The minimum absolute atomic E-state index is 0.129. The first kappa shape index (κ1) is 60.3. The van der Waals surface area contributed by atoms with Gasteiger partial charge in [-0.15, -0.1) is 0 Å². The van der Waals surface area contributed by atoms with E-state index in [0.717, 1.165) is 51.4 Å². The van der Waals surface area contributed by atoms with Crippen molar-refractivity contribution < 1.29 is 48.3 Å². The maximum Gasteiger partial charge on any atom is 0.336 e. The average Bonchev–Trinajstić information content (AvgIpc) is 4.20. The standard InChI is InChI=1S/C58H104N2O10/c1-12-14-16-18-20-22-24-26-28-30-32-34-44(3)57(49(61)62,35-33-31-29-27-25-23-21-19-17-15-13-2)58(50(63)64,51(65)69-45-36-53(4,5)59(40-47-42-67-47)54(6,7)37-45)52(66)70-46-38-55(8,9)60(41-48-43-68-48)56(10,11)39-46/h44-48H,12-43H2,1-11H3,(H,61,62)(H,63,64). The summed E-state index contributed by atoms with van der Waals surface area (Å²) in [4.78, 5) is 65.4. The molecule has 0 aromatic heterocycles. The molecule has 406 valence electrons. The first-order chi connectivity index (χ1) is 33.0. The highest BCUT2D eigenvalue weighted by Gasteiger charge is 2.75. The van der Waals surface area contributed by atoms with Gasteiger partial charge >= 0.3 is 23.9 Å². The van der Waals surface area contributed by atoms with Crippen LogP contribution in [0.15, 0.2) is 0 Å². The summed E-state index contributed by atoms with van der Waals surface area (Å²) < 4.78 is 24.2. The molecule has 0 spiro atoms. The van der Waals surface area contributed by atoms with Crippen LogP contribution in [0, 0.1) is 16.7 Å². The van der Waals surface area contributed by atoms with E-state index in [1.807, 2.05) is 0 Å². The third-order valence-corrected chi connectivity index (χ3v) is 17.2. The maximum absolute atomic E-state index is 15.7. The van der Waals surface area contributed by atoms with Crippen molar-refractivity contribution in [2.24, 2.45) is 16.7 Å². The second-order valence-corrected chi connectivity index (χ2v) is 25.1. The lowest BCUT2D eigenvalue weighted by Gasteiger charge is -2.55. The Morgan fingerprint density at radius 1 is 0.514 bits per heavy atom. The SMILES string of the molecule is CCCCCCCCCCCCCC(C)C(CCCCCCCCCCCCC)(C(=O)O)C(C(=O)O)(C(=O)OC1CC(C)(C)N(CC2CO2)C(C)(C)C1)C(=O)OC1CC(C)(C)N(CC2CO2)C(C)(C)C1. The van der Waals surface area contributed by atoms with Crippen LogP contribution in [0.1, 0.15) is 256 Å². The van der Waals surface area contributed by atoms with Gasteiger partial charge in [-0.25, -0.2) is 0 Å². The van der Waals surface area contributed by atoms with Gasteiger partial charge in [0, 0.05) is 60.9 Å². The predicted molar refractivity (Wildman–Crippen MR) is 279 cm³/mol. The monoisotopic (exact) mass is 989 g/mol. The number of ether oxygens (including phenoxy) is 4. The Balaban J connectivity index is 1.70. The van der Waals surface area contributed by atoms with Crippen molar-refractivity contribution in [1.29, 1.82) is 0 Å². The summed E-state index contributed by atoms with van der Waals surface area (Å²) in [6, 6.07) is 0. The molecule has 4 heterocycles. The highest BCUT2D eigenvalue weighted by Crippen LogP contribution is 2.55. The number of carboxylic acids is 2. The molecule has 4 aliphatic heterocycles. The molecule has 4 aliphatic rings. The zero-order valence-corrected chi connectivity index (χ0v) is 46.6. The normalized spacial score (nSPS) is 24.3. The second kappa shape index (κ2) is 27.3.